The molecule has 0 saturated carbocycles. The molecular formula is C10H19N. The molecule has 0 bridgehead atoms. The second-order valence-electron chi connectivity index (χ2n) is 3.18. The van der Waals surface area contributed by atoms with Gasteiger partial charge in [0.25, 0.3) is 0 Å². The predicted molar refractivity (Wildman–Crippen MR) is 49.5 cm³/mol. The minimum Gasteiger partial charge on any atom is -0.375 e. The molecule has 11 heavy (non-hydrogen) atoms. The van der Waals surface area contributed by atoms with Crippen LogP contribution in [0.25, 0.3) is 0 Å². The van der Waals surface area contributed by atoms with Crippen LogP contribution in [0, 0.1) is 0 Å². The van der Waals surface area contributed by atoms with E-state index in [4.69, 9.17) is 0 Å². The molecule has 1 fully saturated rings. The molecule has 0 amide bonds. The molecule has 1 heteroatoms. The second kappa shape index (κ2) is 4.42. The van der Waals surface area contributed by atoms with Crippen LogP contribution < -0.4 is 0 Å². The number of likely N-dealkylation sites (tertiary alicyclic amines) is 1. The van der Waals surface area contributed by atoms with Crippen molar-refractivity contribution in [1.29, 1.82) is 0 Å². The topological polar surface area (TPSA) is 3.24 Å². The average molecular weight is 153 g/mol. The van der Waals surface area contributed by atoms with Gasteiger partial charge in [0.1, 0.15) is 0 Å². The molecule has 1 heterocycles. The number of hydrogen-bond acceptors (Lipinski definition) is 1. The lowest BCUT2D eigenvalue weighted by Gasteiger charge is -2.30. The summed E-state index contributed by atoms with van der Waals surface area (Å²) in [6.07, 6.45) is 7.65. The summed E-state index contributed by atoms with van der Waals surface area (Å²) in [5.41, 5.74) is 1.53. The Morgan fingerprint density at radius 3 is 2.36 bits per heavy atom. The second-order valence-corrected chi connectivity index (χ2v) is 3.18. The largest absolute Gasteiger partial charge is 0.375 e. The summed E-state index contributed by atoms with van der Waals surface area (Å²) in [6, 6.07) is 0. The molecule has 1 saturated heterocycles. The van der Waals surface area contributed by atoms with E-state index in [1.165, 1.54) is 44.5 Å². The highest BCUT2D eigenvalue weighted by Gasteiger charge is 2.10. The SMILES string of the molecule is C/C=C(\CC)N1CCCCC1. The summed E-state index contributed by atoms with van der Waals surface area (Å²) < 4.78 is 0. The van der Waals surface area contributed by atoms with Crippen LogP contribution in [-0.4, -0.2) is 18.0 Å². The molecule has 64 valence electrons. The molecule has 0 unspecified atom stereocenters. The molecule has 0 N–H and O–H groups in total. The van der Waals surface area contributed by atoms with Crippen LogP contribution in [0.1, 0.15) is 39.5 Å². The van der Waals surface area contributed by atoms with Crippen LogP contribution >= 0.6 is 0 Å². The predicted octanol–water partition coefficient (Wildman–Crippen LogP) is 2.79. The van der Waals surface area contributed by atoms with E-state index >= 15 is 0 Å². The van der Waals surface area contributed by atoms with Crippen molar-refractivity contribution in [3.05, 3.63) is 11.8 Å². The van der Waals surface area contributed by atoms with Crippen LogP contribution in [0.4, 0.5) is 0 Å². The van der Waals surface area contributed by atoms with E-state index in [1.807, 2.05) is 0 Å². The van der Waals surface area contributed by atoms with Crippen LogP contribution in [0.2, 0.25) is 0 Å². The highest BCUT2D eigenvalue weighted by Crippen LogP contribution is 2.16. The van der Waals surface area contributed by atoms with Crippen LogP contribution in [-0.2, 0) is 0 Å². The van der Waals surface area contributed by atoms with Crippen molar-refractivity contribution in [1.82, 2.24) is 4.90 Å². The van der Waals surface area contributed by atoms with Gasteiger partial charge in [-0.3, -0.25) is 0 Å². The van der Waals surface area contributed by atoms with Crippen molar-refractivity contribution in [2.24, 2.45) is 0 Å². The number of piperidine rings is 1. The molecule has 1 aliphatic heterocycles. The normalized spacial score (nSPS) is 20.5. The first-order valence-electron chi connectivity index (χ1n) is 4.78. The Balaban J connectivity index is 2.43. The highest BCUT2D eigenvalue weighted by molar-refractivity contribution is 4.99. The third-order valence-corrected chi connectivity index (χ3v) is 2.46. The van der Waals surface area contributed by atoms with Crippen molar-refractivity contribution in [2.45, 2.75) is 39.5 Å². The Morgan fingerprint density at radius 2 is 1.91 bits per heavy atom. The van der Waals surface area contributed by atoms with E-state index in [9.17, 15) is 0 Å². The molecule has 1 nitrogen and oxygen atoms in total. The van der Waals surface area contributed by atoms with Crippen molar-refractivity contribution in [2.75, 3.05) is 13.1 Å². The number of allylic oxidation sites excluding steroid dienone is 2. The van der Waals surface area contributed by atoms with Gasteiger partial charge in [-0.2, -0.15) is 0 Å². The van der Waals surface area contributed by atoms with Crippen molar-refractivity contribution in [3.8, 4) is 0 Å². The van der Waals surface area contributed by atoms with E-state index in [0.29, 0.717) is 0 Å². The van der Waals surface area contributed by atoms with Crippen LogP contribution in [0.3, 0.4) is 0 Å². The van der Waals surface area contributed by atoms with Crippen LogP contribution in [0.5, 0.6) is 0 Å². The molecule has 0 atom stereocenters. The zero-order valence-corrected chi connectivity index (χ0v) is 7.77. The van der Waals surface area contributed by atoms with Crippen molar-refractivity contribution < 1.29 is 0 Å². The van der Waals surface area contributed by atoms with Gasteiger partial charge in [0.15, 0.2) is 0 Å². The third-order valence-electron chi connectivity index (χ3n) is 2.46. The molecule has 0 spiro atoms. The molecular weight excluding hydrogens is 134 g/mol. The van der Waals surface area contributed by atoms with Gasteiger partial charge in [0, 0.05) is 18.8 Å². The van der Waals surface area contributed by atoms with Gasteiger partial charge < -0.3 is 4.90 Å². The molecule has 0 radical (unpaired) electrons. The maximum atomic E-state index is 2.53. The first-order chi connectivity index (χ1) is 5.38. The van der Waals surface area contributed by atoms with E-state index in [0.717, 1.165) is 0 Å². The highest BCUT2D eigenvalue weighted by atomic mass is 15.1. The zero-order valence-electron chi connectivity index (χ0n) is 7.77. The summed E-state index contributed by atoms with van der Waals surface area (Å²) >= 11 is 0. The van der Waals surface area contributed by atoms with Gasteiger partial charge >= 0.3 is 0 Å². The lowest BCUT2D eigenvalue weighted by Crippen LogP contribution is -2.28. The number of hydrogen-bond donors (Lipinski definition) is 0. The van der Waals surface area contributed by atoms with Gasteiger partial charge in [-0.05, 0) is 32.6 Å². The Bertz CT molecular complexity index is 132. The number of nitrogens with zero attached hydrogens (tertiary/aromatic N) is 1. The molecule has 0 aromatic heterocycles. The Labute approximate surface area is 70.1 Å². The van der Waals surface area contributed by atoms with Crippen molar-refractivity contribution >= 4 is 0 Å². The fourth-order valence-electron chi connectivity index (χ4n) is 1.79. The quantitative estimate of drug-likeness (QED) is 0.589. The minimum atomic E-state index is 1.19. The lowest BCUT2D eigenvalue weighted by molar-refractivity contribution is 0.278. The van der Waals surface area contributed by atoms with Crippen molar-refractivity contribution in [3.63, 3.8) is 0 Å². The Hall–Kier alpha value is -0.460. The smallest absolute Gasteiger partial charge is 0.0174 e. The Kier molecular flexibility index (Phi) is 3.47. The van der Waals surface area contributed by atoms with Gasteiger partial charge in [-0.25, -0.2) is 0 Å². The summed E-state index contributed by atoms with van der Waals surface area (Å²) in [5.74, 6) is 0. The maximum absolute atomic E-state index is 2.53. The van der Waals surface area contributed by atoms with E-state index in [1.54, 1.807) is 0 Å². The maximum Gasteiger partial charge on any atom is 0.0174 e. The number of rotatable bonds is 2. The van der Waals surface area contributed by atoms with Crippen LogP contribution in [0.15, 0.2) is 11.8 Å². The fraction of sp³-hybridized carbons (Fsp3) is 0.800. The first kappa shape index (κ1) is 8.63. The lowest BCUT2D eigenvalue weighted by atomic mass is 10.1. The van der Waals surface area contributed by atoms with Gasteiger partial charge in [0.05, 0.1) is 0 Å². The molecule has 1 aliphatic rings. The van der Waals surface area contributed by atoms with Gasteiger partial charge in [-0.15, -0.1) is 0 Å². The fourth-order valence-corrected chi connectivity index (χ4v) is 1.79. The van der Waals surface area contributed by atoms with E-state index in [2.05, 4.69) is 24.8 Å². The molecule has 0 aromatic rings. The first-order valence-corrected chi connectivity index (χ1v) is 4.78. The molecule has 0 aromatic carbocycles. The monoisotopic (exact) mass is 153 g/mol. The summed E-state index contributed by atoms with van der Waals surface area (Å²) in [5, 5.41) is 0. The Morgan fingerprint density at radius 1 is 1.27 bits per heavy atom. The standard InChI is InChI=1S/C10H19N/c1-3-10(4-2)11-8-6-5-7-9-11/h3H,4-9H2,1-2H3/b10-3+. The third kappa shape index (κ3) is 2.25. The minimum absolute atomic E-state index is 1.19. The molecule has 1 rings (SSSR count). The van der Waals surface area contributed by atoms with E-state index in [-0.39, 0.29) is 0 Å². The van der Waals surface area contributed by atoms with E-state index < -0.39 is 0 Å². The summed E-state index contributed by atoms with van der Waals surface area (Å²) in [6.45, 7) is 6.96. The average Bonchev–Trinajstić information content (AvgIpc) is 2.09. The molecule has 0 aliphatic carbocycles. The zero-order chi connectivity index (χ0) is 8.10. The summed E-state index contributed by atoms with van der Waals surface area (Å²) in [7, 11) is 0. The van der Waals surface area contributed by atoms with Gasteiger partial charge in [-0.1, -0.05) is 13.0 Å². The van der Waals surface area contributed by atoms with Gasteiger partial charge in [0.2, 0.25) is 0 Å². The summed E-state index contributed by atoms with van der Waals surface area (Å²) in [4.78, 5) is 2.53.